The second-order valence-electron chi connectivity index (χ2n) is 3.38. The summed E-state index contributed by atoms with van der Waals surface area (Å²) in [5, 5.41) is 0. The number of hydrogen-bond acceptors (Lipinski definition) is 2. The molecule has 4 heteroatoms. The molecule has 76 valence electrons. The number of aliphatic imine (C=N–C) groups is 1. The number of primary amides is 1. The van der Waals surface area contributed by atoms with Crippen LogP contribution in [0.3, 0.4) is 0 Å². The molecule has 0 saturated heterocycles. The summed E-state index contributed by atoms with van der Waals surface area (Å²) in [7, 11) is 0. The first-order chi connectivity index (χ1) is 6.04. The summed E-state index contributed by atoms with van der Waals surface area (Å²) in [6.45, 7) is 4.70. The Balaban J connectivity index is 3.44. The summed E-state index contributed by atoms with van der Waals surface area (Å²) in [5.74, 6) is 0.732. The van der Waals surface area contributed by atoms with Crippen LogP contribution < -0.4 is 11.5 Å². The predicted octanol–water partition coefficient (Wildman–Crippen LogP) is 0.655. The molecule has 4 nitrogen and oxygen atoms in total. The van der Waals surface area contributed by atoms with Crippen LogP contribution >= 0.6 is 0 Å². The number of unbranched alkanes of at least 4 members (excludes halogenated alkanes) is 1. The van der Waals surface area contributed by atoms with E-state index in [0.29, 0.717) is 24.7 Å². The Bertz CT molecular complexity index is 187. The summed E-state index contributed by atoms with van der Waals surface area (Å²) in [6.07, 6.45) is 2.11. The topological polar surface area (TPSA) is 81.5 Å². The van der Waals surface area contributed by atoms with Crippen molar-refractivity contribution >= 4 is 11.7 Å². The Morgan fingerprint density at radius 1 is 1.31 bits per heavy atom. The zero-order valence-electron chi connectivity index (χ0n) is 8.42. The normalized spacial score (nSPS) is 12.1. The van der Waals surface area contributed by atoms with Crippen molar-refractivity contribution < 1.29 is 4.79 Å². The summed E-state index contributed by atoms with van der Waals surface area (Å²) < 4.78 is 0. The quantitative estimate of drug-likeness (QED) is 0.362. The third kappa shape index (κ3) is 7.31. The van der Waals surface area contributed by atoms with Crippen LogP contribution in [-0.2, 0) is 4.79 Å². The molecule has 13 heavy (non-hydrogen) atoms. The molecule has 4 N–H and O–H groups in total. The minimum atomic E-state index is -0.249. The number of nitrogens with zero attached hydrogens (tertiary/aromatic N) is 1. The van der Waals surface area contributed by atoms with Crippen molar-refractivity contribution in [2.45, 2.75) is 33.1 Å². The molecule has 0 atom stereocenters. The highest BCUT2D eigenvalue weighted by Crippen LogP contribution is 1.97. The fraction of sp³-hybridized carbons (Fsp3) is 0.778. The van der Waals surface area contributed by atoms with Crippen molar-refractivity contribution in [1.82, 2.24) is 0 Å². The molecule has 0 aliphatic carbocycles. The number of amides is 1. The highest BCUT2D eigenvalue weighted by atomic mass is 16.1. The van der Waals surface area contributed by atoms with Crippen LogP contribution in [0.25, 0.3) is 0 Å². The van der Waals surface area contributed by atoms with Crippen LogP contribution in [0, 0.1) is 5.92 Å². The largest absolute Gasteiger partial charge is 0.387 e. The third-order valence-electron chi connectivity index (χ3n) is 1.72. The molecule has 0 saturated carbocycles. The van der Waals surface area contributed by atoms with E-state index in [4.69, 9.17) is 11.5 Å². The van der Waals surface area contributed by atoms with Crippen molar-refractivity contribution in [3.05, 3.63) is 0 Å². The van der Waals surface area contributed by atoms with E-state index in [9.17, 15) is 4.79 Å². The smallest absolute Gasteiger partial charge is 0.217 e. The van der Waals surface area contributed by atoms with Gasteiger partial charge in [-0.1, -0.05) is 13.8 Å². The van der Waals surface area contributed by atoms with Gasteiger partial charge in [-0.2, -0.15) is 0 Å². The van der Waals surface area contributed by atoms with Gasteiger partial charge in [-0.05, 0) is 12.8 Å². The van der Waals surface area contributed by atoms with Gasteiger partial charge in [0.2, 0.25) is 5.91 Å². The molecule has 0 aromatic heterocycles. The van der Waals surface area contributed by atoms with Crippen LogP contribution in [0.1, 0.15) is 33.1 Å². The molecule has 0 aromatic rings. The SMILES string of the molecule is CC(C)C(N)=NCCCCC(N)=O. The zero-order valence-corrected chi connectivity index (χ0v) is 8.42. The molecule has 0 spiro atoms. The van der Waals surface area contributed by atoms with Crippen molar-refractivity contribution in [2.24, 2.45) is 22.4 Å². The summed E-state index contributed by atoms with van der Waals surface area (Å²) >= 11 is 0. The maximum absolute atomic E-state index is 10.4. The predicted molar refractivity (Wildman–Crippen MR) is 54.4 cm³/mol. The fourth-order valence-electron chi connectivity index (χ4n) is 0.802. The van der Waals surface area contributed by atoms with Gasteiger partial charge in [0.1, 0.15) is 0 Å². The fourth-order valence-corrected chi connectivity index (χ4v) is 0.802. The van der Waals surface area contributed by atoms with Gasteiger partial charge in [0.15, 0.2) is 0 Å². The summed E-state index contributed by atoms with van der Waals surface area (Å²) in [5.41, 5.74) is 10.6. The molecule has 0 fully saturated rings. The van der Waals surface area contributed by atoms with E-state index >= 15 is 0 Å². The van der Waals surface area contributed by atoms with Crippen molar-refractivity contribution in [3.63, 3.8) is 0 Å². The molecular formula is C9H19N3O. The van der Waals surface area contributed by atoms with E-state index in [1.54, 1.807) is 0 Å². The number of carbonyl (C=O) groups excluding carboxylic acids is 1. The minimum absolute atomic E-state index is 0.249. The van der Waals surface area contributed by atoms with E-state index in [1.807, 2.05) is 13.8 Å². The molecule has 0 heterocycles. The van der Waals surface area contributed by atoms with Gasteiger partial charge >= 0.3 is 0 Å². The average Bonchev–Trinajstić information content (AvgIpc) is 2.02. The van der Waals surface area contributed by atoms with Gasteiger partial charge in [-0.3, -0.25) is 9.79 Å². The molecular weight excluding hydrogens is 166 g/mol. The molecule has 0 bridgehead atoms. The maximum Gasteiger partial charge on any atom is 0.217 e. The monoisotopic (exact) mass is 185 g/mol. The van der Waals surface area contributed by atoms with Crippen molar-refractivity contribution in [2.75, 3.05) is 6.54 Å². The highest BCUT2D eigenvalue weighted by molar-refractivity contribution is 5.82. The van der Waals surface area contributed by atoms with Crippen molar-refractivity contribution in [1.29, 1.82) is 0 Å². The first-order valence-corrected chi connectivity index (χ1v) is 4.62. The highest BCUT2D eigenvalue weighted by Gasteiger charge is 1.98. The van der Waals surface area contributed by atoms with E-state index in [-0.39, 0.29) is 5.91 Å². The molecule has 0 aliphatic heterocycles. The lowest BCUT2D eigenvalue weighted by molar-refractivity contribution is -0.118. The Kier molecular flexibility index (Phi) is 5.93. The van der Waals surface area contributed by atoms with Gasteiger partial charge in [0, 0.05) is 18.9 Å². The van der Waals surface area contributed by atoms with Gasteiger partial charge in [-0.25, -0.2) is 0 Å². The summed E-state index contributed by atoms with van der Waals surface area (Å²) in [4.78, 5) is 14.5. The van der Waals surface area contributed by atoms with Crippen LogP contribution in [0.15, 0.2) is 4.99 Å². The molecule has 0 unspecified atom stereocenters. The van der Waals surface area contributed by atoms with Gasteiger partial charge in [0.05, 0.1) is 5.84 Å². The van der Waals surface area contributed by atoms with Gasteiger partial charge in [-0.15, -0.1) is 0 Å². The Morgan fingerprint density at radius 3 is 2.38 bits per heavy atom. The minimum Gasteiger partial charge on any atom is -0.387 e. The Labute approximate surface area is 79.4 Å². The molecule has 1 amide bonds. The number of hydrogen-bond donors (Lipinski definition) is 2. The van der Waals surface area contributed by atoms with Crippen LogP contribution in [0.4, 0.5) is 0 Å². The number of rotatable bonds is 6. The lowest BCUT2D eigenvalue weighted by atomic mass is 10.2. The van der Waals surface area contributed by atoms with E-state index in [1.165, 1.54) is 0 Å². The zero-order chi connectivity index (χ0) is 10.3. The third-order valence-corrected chi connectivity index (χ3v) is 1.72. The van der Waals surface area contributed by atoms with Crippen molar-refractivity contribution in [3.8, 4) is 0 Å². The first kappa shape index (κ1) is 11.9. The lowest BCUT2D eigenvalue weighted by Gasteiger charge is -2.03. The standard InChI is InChI=1S/C9H19N3O/c1-7(2)9(11)12-6-4-3-5-8(10)13/h7H,3-6H2,1-2H3,(H2,10,13)(H2,11,12). The lowest BCUT2D eigenvalue weighted by Crippen LogP contribution is -2.19. The maximum atomic E-state index is 10.4. The second-order valence-corrected chi connectivity index (χ2v) is 3.38. The van der Waals surface area contributed by atoms with Gasteiger partial charge < -0.3 is 11.5 Å². The molecule has 0 rings (SSSR count). The molecule has 0 aromatic carbocycles. The first-order valence-electron chi connectivity index (χ1n) is 4.62. The van der Waals surface area contributed by atoms with Gasteiger partial charge in [0.25, 0.3) is 0 Å². The van der Waals surface area contributed by atoms with Crippen LogP contribution in [0.2, 0.25) is 0 Å². The van der Waals surface area contributed by atoms with E-state index in [2.05, 4.69) is 4.99 Å². The molecule has 0 radical (unpaired) electrons. The second kappa shape index (κ2) is 6.46. The van der Waals surface area contributed by atoms with Crippen LogP contribution in [-0.4, -0.2) is 18.3 Å². The number of amidine groups is 1. The Hall–Kier alpha value is -1.06. The number of nitrogens with two attached hydrogens (primary N) is 2. The van der Waals surface area contributed by atoms with E-state index < -0.39 is 0 Å². The van der Waals surface area contributed by atoms with Crippen LogP contribution in [0.5, 0.6) is 0 Å². The molecule has 0 aliphatic rings. The Morgan fingerprint density at radius 2 is 1.92 bits per heavy atom. The van der Waals surface area contributed by atoms with E-state index in [0.717, 1.165) is 12.8 Å². The number of carbonyl (C=O) groups is 1. The average molecular weight is 185 g/mol. The summed E-state index contributed by atoms with van der Waals surface area (Å²) in [6, 6.07) is 0.